The molecule has 0 aromatic heterocycles. The van der Waals surface area contributed by atoms with Crippen LogP contribution in [0.4, 0.5) is 4.39 Å². The number of hydrogen-bond acceptors (Lipinski definition) is 6. The van der Waals surface area contributed by atoms with Gasteiger partial charge in [-0.15, -0.1) is 5.10 Å². The number of carbonyl (C=O) groups excluding carboxylic acids is 1. The van der Waals surface area contributed by atoms with Crippen LogP contribution in [0.25, 0.3) is 0 Å². The molecule has 2 heterocycles. The van der Waals surface area contributed by atoms with E-state index in [1.54, 1.807) is 12.1 Å². The summed E-state index contributed by atoms with van der Waals surface area (Å²) < 4.78 is 26.3. The van der Waals surface area contributed by atoms with Gasteiger partial charge in [0, 0.05) is 5.56 Å². The second kappa shape index (κ2) is 6.55. The number of thioether (sulfide) groups is 1. The molecule has 0 bridgehead atoms. The molecule has 3 rings (SSSR count). The lowest BCUT2D eigenvalue weighted by atomic mass is 9.76. The largest absolute Gasteiger partial charge is 0.495 e. The molecule has 2 aliphatic rings. The molecule has 0 radical (unpaired) electrons. The Balaban J connectivity index is 1.87. The fourth-order valence-electron chi connectivity index (χ4n) is 2.38. The summed E-state index contributed by atoms with van der Waals surface area (Å²) in [7, 11) is -0.699. The summed E-state index contributed by atoms with van der Waals surface area (Å²) in [6.07, 6.45) is 1.31. The Kier molecular flexibility index (Phi) is 4.74. The fourth-order valence-corrected chi connectivity index (χ4v) is 3.01. The summed E-state index contributed by atoms with van der Waals surface area (Å²) in [6, 6.07) is 4.69. The lowest BCUT2D eigenvalue weighted by molar-refractivity contribution is -0.116. The highest BCUT2D eigenvalue weighted by Gasteiger charge is 2.52. The third-order valence-corrected chi connectivity index (χ3v) is 5.38. The third-order valence-electron chi connectivity index (χ3n) is 4.52. The minimum atomic E-state index is -0.699. The lowest BCUT2D eigenvalue weighted by Crippen LogP contribution is -2.41. The average Bonchev–Trinajstić information content (AvgIpc) is 3.01. The first-order valence-electron chi connectivity index (χ1n) is 7.87. The van der Waals surface area contributed by atoms with Crippen molar-refractivity contribution in [3.8, 4) is 0 Å². The molecule has 0 saturated carbocycles. The van der Waals surface area contributed by atoms with Crippen molar-refractivity contribution in [2.75, 3.05) is 5.75 Å². The molecule has 0 atom stereocenters. The van der Waals surface area contributed by atoms with Gasteiger partial charge in [0.05, 0.1) is 23.2 Å². The van der Waals surface area contributed by atoms with E-state index in [1.165, 1.54) is 24.0 Å². The maximum absolute atomic E-state index is 14.3. The van der Waals surface area contributed by atoms with Crippen molar-refractivity contribution in [2.24, 2.45) is 10.2 Å². The zero-order valence-electron chi connectivity index (χ0n) is 14.5. The SMILES string of the molecule is CC1(C)OB(c2cccc(F)c2C=NN=C2NC(=O)CS2)OC1(C)C. The van der Waals surface area contributed by atoms with Crippen molar-refractivity contribution >= 4 is 41.6 Å². The van der Waals surface area contributed by atoms with E-state index in [4.69, 9.17) is 9.31 Å². The van der Waals surface area contributed by atoms with Crippen molar-refractivity contribution in [2.45, 2.75) is 38.9 Å². The Morgan fingerprint density at radius 3 is 2.56 bits per heavy atom. The summed E-state index contributed by atoms with van der Waals surface area (Å²) in [4.78, 5) is 11.1. The van der Waals surface area contributed by atoms with Gasteiger partial charge < -0.3 is 14.6 Å². The predicted octanol–water partition coefficient (Wildman–Crippen LogP) is 1.68. The van der Waals surface area contributed by atoms with Crippen LogP contribution in [-0.2, 0) is 14.1 Å². The van der Waals surface area contributed by atoms with Gasteiger partial charge in [0.15, 0.2) is 5.17 Å². The van der Waals surface area contributed by atoms with Gasteiger partial charge in [-0.1, -0.05) is 23.9 Å². The normalized spacial score (nSPS) is 23.6. The van der Waals surface area contributed by atoms with E-state index in [1.807, 2.05) is 27.7 Å². The van der Waals surface area contributed by atoms with Gasteiger partial charge in [0.2, 0.25) is 5.91 Å². The molecule has 0 spiro atoms. The Labute approximate surface area is 150 Å². The molecule has 0 unspecified atom stereocenters. The summed E-state index contributed by atoms with van der Waals surface area (Å²) in [5, 5.41) is 10.8. The Morgan fingerprint density at radius 2 is 1.96 bits per heavy atom. The number of rotatable bonds is 3. The maximum Gasteiger partial charge on any atom is 0.495 e. The van der Waals surface area contributed by atoms with Crippen LogP contribution in [0.15, 0.2) is 28.4 Å². The molecule has 6 nitrogen and oxygen atoms in total. The molecule has 25 heavy (non-hydrogen) atoms. The van der Waals surface area contributed by atoms with Gasteiger partial charge in [-0.3, -0.25) is 4.79 Å². The second-order valence-electron chi connectivity index (χ2n) is 6.82. The molecule has 132 valence electrons. The van der Waals surface area contributed by atoms with E-state index in [2.05, 4.69) is 15.5 Å². The highest BCUT2D eigenvalue weighted by molar-refractivity contribution is 8.15. The number of benzene rings is 1. The lowest BCUT2D eigenvalue weighted by Gasteiger charge is -2.32. The molecule has 0 aliphatic carbocycles. The van der Waals surface area contributed by atoms with Crippen molar-refractivity contribution in [3.05, 3.63) is 29.6 Å². The van der Waals surface area contributed by atoms with Crippen molar-refractivity contribution in [3.63, 3.8) is 0 Å². The molecule has 1 aromatic rings. The molecule has 1 N–H and O–H groups in total. The first-order valence-corrected chi connectivity index (χ1v) is 8.86. The van der Waals surface area contributed by atoms with Crippen molar-refractivity contribution in [1.29, 1.82) is 0 Å². The second-order valence-corrected chi connectivity index (χ2v) is 7.78. The fraction of sp³-hybridized carbons (Fsp3) is 0.438. The molecule has 2 aliphatic heterocycles. The van der Waals surface area contributed by atoms with Crippen LogP contribution in [-0.4, -0.2) is 41.4 Å². The molecule has 2 saturated heterocycles. The van der Waals surface area contributed by atoms with Gasteiger partial charge in [-0.05, 0) is 39.2 Å². The topological polar surface area (TPSA) is 72.3 Å². The van der Waals surface area contributed by atoms with E-state index in [0.29, 0.717) is 16.4 Å². The third kappa shape index (κ3) is 3.63. The highest BCUT2D eigenvalue weighted by atomic mass is 32.2. The molecule has 1 amide bonds. The van der Waals surface area contributed by atoms with Crippen molar-refractivity contribution < 1.29 is 18.5 Å². The number of amides is 1. The maximum atomic E-state index is 14.3. The number of hydrogen-bond donors (Lipinski definition) is 1. The average molecular weight is 363 g/mol. The Morgan fingerprint density at radius 1 is 1.28 bits per heavy atom. The van der Waals surface area contributed by atoms with Crippen LogP contribution in [0.5, 0.6) is 0 Å². The zero-order chi connectivity index (χ0) is 18.2. The quantitative estimate of drug-likeness (QED) is 0.504. The van der Waals surface area contributed by atoms with Crippen LogP contribution in [0, 0.1) is 5.82 Å². The summed E-state index contributed by atoms with van der Waals surface area (Å²) in [6.45, 7) is 7.75. The monoisotopic (exact) mass is 363 g/mol. The van der Waals surface area contributed by atoms with Gasteiger partial charge in [0.1, 0.15) is 5.82 Å². The van der Waals surface area contributed by atoms with Crippen LogP contribution >= 0.6 is 11.8 Å². The Hall–Kier alpha value is -1.71. The summed E-state index contributed by atoms with van der Waals surface area (Å²) >= 11 is 1.25. The van der Waals surface area contributed by atoms with E-state index in [-0.39, 0.29) is 11.5 Å². The number of amidine groups is 1. The number of carbonyl (C=O) groups is 1. The smallest absolute Gasteiger partial charge is 0.399 e. The minimum Gasteiger partial charge on any atom is -0.399 e. The summed E-state index contributed by atoms with van der Waals surface area (Å²) in [5.41, 5.74) is -0.252. The van der Waals surface area contributed by atoms with Gasteiger partial charge in [-0.2, -0.15) is 5.10 Å². The predicted molar refractivity (Wildman–Crippen MR) is 97.7 cm³/mol. The van der Waals surface area contributed by atoms with Gasteiger partial charge in [0.25, 0.3) is 0 Å². The number of nitrogens with one attached hydrogen (secondary N) is 1. The molecule has 2 fully saturated rings. The Bertz CT molecular complexity index is 751. The molecular weight excluding hydrogens is 344 g/mol. The summed E-state index contributed by atoms with van der Waals surface area (Å²) in [5.74, 6) is -0.255. The first kappa shape index (κ1) is 18.1. The van der Waals surface area contributed by atoms with E-state index >= 15 is 0 Å². The minimum absolute atomic E-state index is 0.122. The van der Waals surface area contributed by atoms with E-state index < -0.39 is 24.1 Å². The van der Waals surface area contributed by atoms with Crippen LogP contribution < -0.4 is 10.8 Å². The van der Waals surface area contributed by atoms with Crippen LogP contribution in [0.3, 0.4) is 0 Å². The highest BCUT2D eigenvalue weighted by Crippen LogP contribution is 2.36. The number of halogens is 1. The first-order chi connectivity index (χ1) is 11.7. The van der Waals surface area contributed by atoms with Gasteiger partial charge in [-0.25, -0.2) is 4.39 Å². The molecule has 1 aromatic carbocycles. The number of nitrogens with zero attached hydrogens (tertiary/aromatic N) is 2. The van der Waals surface area contributed by atoms with E-state index in [0.717, 1.165) is 0 Å². The zero-order valence-corrected chi connectivity index (χ0v) is 15.3. The van der Waals surface area contributed by atoms with Crippen LogP contribution in [0.2, 0.25) is 0 Å². The van der Waals surface area contributed by atoms with E-state index in [9.17, 15) is 9.18 Å². The molecule has 9 heteroatoms. The standard InChI is InChI=1S/C16H19BFN3O3S/c1-15(2)16(3,4)24-17(23-15)11-6-5-7-12(18)10(11)8-19-21-14-20-13(22)9-25-14/h5-8H,9H2,1-4H3,(H,20,21,22). The van der Waals surface area contributed by atoms with Crippen LogP contribution in [0.1, 0.15) is 33.3 Å². The molecular formula is C16H19BFN3O3S. The van der Waals surface area contributed by atoms with Gasteiger partial charge >= 0.3 is 7.12 Å². The van der Waals surface area contributed by atoms with Crippen molar-refractivity contribution in [1.82, 2.24) is 5.32 Å².